The Morgan fingerprint density at radius 2 is 1.47 bits per heavy atom. The van der Waals surface area contributed by atoms with Crippen LogP contribution in [0.4, 0.5) is 26.7 Å². The van der Waals surface area contributed by atoms with Gasteiger partial charge in [-0.2, -0.15) is 13.2 Å². The van der Waals surface area contributed by atoms with Gasteiger partial charge in [0.2, 0.25) is 6.04 Å². The standard InChI is InChI=1S/C22H19F5N2O5/c23-19(24)16(9-17(30)31)28-20(32)18(22(25,26)27)29-21(33)34-10-15-13-7-3-1-5-11(13)12-6-2-4-8-14(12)15/h1-8,15-16,18-19H,9-10H2,(H,28,32)(H,29,33)(H,30,31). The summed E-state index contributed by atoms with van der Waals surface area (Å²) >= 11 is 0. The number of hydrogen-bond donors (Lipinski definition) is 3. The highest BCUT2D eigenvalue weighted by atomic mass is 19.4. The van der Waals surface area contributed by atoms with Crippen LogP contribution in [0, 0.1) is 0 Å². The predicted octanol–water partition coefficient (Wildman–Crippen LogP) is 3.68. The van der Waals surface area contributed by atoms with Crippen LogP contribution in [0.2, 0.25) is 0 Å². The quantitative estimate of drug-likeness (QED) is 0.494. The fourth-order valence-electron chi connectivity index (χ4n) is 3.71. The average molecular weight is 486 g/mol. The molecule has 0 spiro atoms. The maximum absolute atomic E-state index is 13.3. The van der Waals surface area contributed by atoms with Crippen molar-refractivity contribution in [1.82, 2.24) is 10.6 Å². The van der Waals surface area contributed by atoms with E-state index < -0.39 is 55.0 Å². The smallest absolute Gasteiger partial charge is 0.417 e. The molecule has 2 amide bonds. The van der Waals surface area contributed by atoms with Crippen molar-refractivity contribution in [2.24, 2.45) is 0 Å². The lowest BCUT2D eigenvalue weighted by molar-refractivity contribution is -0.168. The Hall–Kier alpha value is -3.70. The second kappa shape index (κ2) is 10.1. The molecule has 0 aromatic heterocycles. The molecule has 182 valence electrons. The highest BCUT2D eigenvalue weighted by Crippen LogP contribution is 2.44. The van der Waals surface area contributed by atoms with Gasteiger partial charge in [-0.15, -0.1) is 0 Å². The average Bonchev–Trinajstić information content (AvgIpc) is 3.08. The number of alkyl halides is 5. The van der Waals surface area contributed by atoms with Crippen LogP contribution >= 0.6 is 0 Å². The van der Waals surface area contributed by atoms with E-state index in [1.165, 1.54) is 10.6 Å². The van der Waals surface area contributed by atoms with Crippen molar-refractivity contribution in [1.29, 1.82) is 0 Å². The number of aliphatic carboxylic acids is 1. The number of carboxylic acid groups (broad SMARTS) is 1. The van der Waals surface area contributed by atoms with Gasteiger partial charge in [0.1, 0.15) is 12.6 Å². The van der Waals surface area contributed by atoms with Gasteiger partial charge >= 0.3 is 18.2 Å². The SMILES string of the molecule is O=C(O)CC(NC(=O)C(NC(=O)OCC1c2ccccc2-c2ccccc21)C(F)(F)F)C(F)F. The van der Waals surface area contributed by atoms with Crippen LogP contribution in [0.15, 0.2) is 48.5 Å². The van der Waals surface area contributed by atoms with Crippen molar-refractivity contribution < 1.29 is 46.2 Å². The summed E-state index contributed by atoms with van der Waals surface area (Å²) in [6.07, 6.45) is -11.7. The molecule has 1 aliphatic carbocycles. The molecule has 0 fully saturated rings. The van der Waals surface area contributed by atoms with Gasteiger partial charge in [-0.1, -0.05) is 48.5 Å². The summed E-state index contributed by atoms with van der Waals surface area (Å²) < 4.78 is 70.8. The number of carboxylic acids is 1. The van der Waals surface area contributed by atoms with Gasteiger partial charge in [0.05, 0.1) is 6.42 Å². The summed E-state index contributed by atoms with van der Waals surface area (Å²) in [7, 11) is 0. The second-order valence-electron chi connectivity index (χ2n) is 7.49. The molecule has 12 heteroatoms. The molecule has 2 atom stereocenters. The summed E-state index contributed by atoms with van der Waals surface area (Å²) in [5.74, 6) is -4.25. The highest BCUT2D eigenvalue weighted by molar-refractivity contribution is 5.87. The van der Waals surface area contributed by atoms with Crippen molar-refractivity contribution in [3.63, 3.8) is 0 Å². The molecule has 34 heavy (non-hydrogen) atoms. The van der Waals surface area contributed by atoms with Crippen molar-refractivity contribution in [2.75, 3.05) is 6.61 Å². The maximum Gasteiger partial charge on any atom is 0.417 e. The molecule has 0 heterocycles. The number of halogens is 5. The monoisotopic (exact) mass is 486 g/mol. The van der Waals surface area contributed by atoms with E-state index in [-0.39, 0.29) is 6.61 Å². The summed E-state index contributed by atoms with van der Waals surface area (Å²) in [5.41, 5.74) is 3.37. The zero-order valence-corrected chi connectivity index (χ0v) is 17.3. The largest absolute Gasteiger partial charge is 0.481 e. The van der Waals surface area contributed by atoms with Gasteiger partial charge in [-0.25, -0.2) is 13.6 Å². The number of rotatable bonds is 8. The molecule has 2 aromatic rings. The molecule has 2 unspecified atom stereocenters. The Morgan fingerprint density at radius 3 is 1.94 bits per heavy atom. The van der Waals surface area contributed by atoms with E-state index in [4.69, 9.17) is 9.84 Å². The predicted molar refractivity (Wildman–Crippen MR) is 108 cm³/mol. The summed E-state index contributed by atoms with van der Waals surface area (Å²) in [6.45, 7) is -0.343. The molecule has 1 aliphatic rings. The van der Waals surface area contributed by atoms with E-state index in [1.807, 2.05) is 24.3 Å². The Labute approximate surface area is 189 Å². The zero-order chi connectivity index (χ0) is 25.0. The van der Waals surface area contributed by atoms with Crippen LogP contribution < -0.4 is 10.6 Å². The number of amides is 2. The van der Waals surface area contributed by atoms with Gasteiger partial charge < -0.3 is 20.5 Å². The van der Waals surface area contributed by atoms with Gasteiger partial charge in [0, 0.05) is 5.92 Å². The highest BCUT2D eigenvalue weighted by Gasteiger charge is 2.47. The van der Waals surface area contributed by atoms with E-state index in [2.05, 4.69) is 0 Å². The first-order valence-corrected chi connectivity index (χ1v) is 9.97. The van der Waals surface area contributed by atoms with Crippen LogP contribution in [-0.4, -0.2) is 54.4 Å². The van der Waals surface area contributed by atoms with Crippen LogP contribution in [0.1, 0.15) is 23.5 Å². The molecule has 0 saturated heterocycles. The molecule has 3 rings (SSSR count). The van der Waals surface area contributed by atoms with Gasteiger partial charge in [-0.3, -0.25) is 9.59 Å². The number of fused-ring (bicyclic) bond motifs is 3. The lowest BCUT2D eigenvalue weighted by Gasteiger charge is -2.24. The lowest BCUT2D eigenvalue weighted by Crippen LogP contribution is -2.58. The Bertz CT molecular complexity index is 1030. The van der Waals surface area contributed by atoms with Crippen LogP contribution in [-0.2, 0) is 14.3 Å². The summed E-state index contributed by atoms with van der Waals surface area (Å²) in [5, 5.41) is 11.3. The second-order valence-corrected chi connectivity index (χ2v) is 7.49. The van der Waals surface area contributed by atoms with Gasteiger partial charge in [0.25, 0.3) is 12.3 Å². The van der Waals surface area contributed by atoms with E-state index in [9.17, 15) is 36.3 Å². The minimum Gasteiger partial charge on any atom is -0.481 e. The summed E-state index contributed by atoms with van der Waals surface area (Å²) in [6, 6.07) is 8.85. The molecular weight excluding hydrogens is 467 g/mol. The Kier molecular flexibility index (Phi) is 7.38. The van der Waals surface area contributed by atoms with Crippen LogP contribution in [0.5, 0.6) is 0 Å². The van der Waals surface area contributed by atoms with E-state index in [1.54, 1.807) is 24.3 Å². The van der Waals surface area contributed by atoms with Crippen molar-refractivity contribution >= 4 is 18.0 Å². The summed E-state index contributed by atoms with van der Waals surface area (Å²) in [4.78, 5) is 34.7. The Balaban J connectivity index is 1.69. The number of hydrogen-bond acceptors (Lipinski definition) is 4. The van der Waals surface area contributed by atoms with Crippen LogP contribution in [0.25, 0.3) is 11.1 Å². The fraction of sp³-hybridized carbons (Fsp3) is 0.318. The number of alkyl carbamates (subject to hydrolysis) is 1. The fourth-order valence-corrected chi connectivity index (χ4v) is 3.71. The van der Waals surface area contributed by atoms with E-state index >= 15 is 0 Å². The third-order valence-corrected chi connectivity index (χ3v) is 5.22. The Morgan fingerprint density at radius 1 is 0.941 bits per heavy atom. The topological polar surface area (TPSA) is 105 Å². The first-order chi connectivity index (χ1) is 16.0. The number of ether oxygens (including phenoxy) is 1. The van der Waals surface area contributed by atoms with E-state index in [0.717, 1.165) is 22.3 Å². The number of nitrogens with one attached hydrogen (secondary N) is 2. The molecule has 0 radical (unpaired) electrons. The molecule has 2 aromatic carbocycles. The first-order valence-electron chi connectivity index (χ1n) is 9.97. The third kappa shape index (κ3) is 5.61. The number of carbonyl (C=O) groups excluding carboxylic acids is 2. The molecule has 0 bridgehead atoms. The molecule has 7 nitrogen and oxygen atoms in total. The van der Waals surface area contributed by atoms with Crippen molar-refractivity contribution in [3.05, 3.63) is 59.7 Å². The van der Waals surface area contributed by atoms with Gasteiger partial charge in [0.15, 0.2) is 0 Å². The molecule has 0 saturated carbocycles. The minimum atomic E-state index is -5.36. The maximum atomic E-state index is 13.3. The van der Waals surface area contributed by atoms with Crippen molar-refractivity contribution in [2.45, 2.75) is 37.0 Å². The van der Waals surface area contributed by atoms with Gasteiger partial charge in [-0.05, 0) is 22.3 Å². The number of benzene rings is 2. The van der Waals surface area contributed by atoms with E-state index in [0.29, 0.717) is 0 Å². The zero-order valence-electron chi connectivity index (χ0n) is 17.3. The minimum absolute atomic E-state index is 0.343. The molecule has 0 aliphatic heterocycles. The molecule has 3 N–H and O–H groups in total. The number of carbonyl (C=O) groups is 3. The lowest BCUT2D eigenvalue weighted by atomic mass is 9.98. The van der Waals surface area contributed by atoms with Crippen LogP contribution in [0.3, 0.4) is 0 Å². The molecular formula is C22H19F5N2O5. The third-order valence-electron chi connectivity index (χ3n) is 5.22. The van der Waals surface area contributed by atoms with Crippen molar-refractivity contribution in [3.8, 4) is 11.1 Å². The normalized spacial score (nSPS) is 14.6. The first kappa shape index (κ1) is 24.9.